The zero-order valence-electron chi connectivity index (χ0n) is 11.8. The van der Waals surface area contributed by atoms with E-state index >= 15 is 0 Å². The molecule has 1 heterocycles. The van der Waals surface area contributed by atoms with Gasteiger partial charge in [-0.05, 0) is 24.3 Å². The molecule has 2 N–H and O–H groups in total. The first-order chi connectivity index (χ1) is 10.1. The van der Waals surface area contributed by atoms with E-state index in [0.717, 1.165) is 11.4 Å². The minimum atomic E-state index is -0.154. The van der Waals surface area contributed by atoms with Crippen LogP contribution >= 0.6 is 11.6 Å². The fourth-order valence-corrected chi connectivity index (χ4v) is 2.01. The van der Waals surface area contributed by atoms with Crippen molar-refractivity contribution in [3.63, 3.8) is 0 Å². The number of hydrogen-bond acceptors (Lipinski definition) is 4. The van der Waals surface area contributed by atoms with Crippen molar-refractivity contribution < 1.29 is 9.53 Å². The summed E-state index contributed by atoms with van der Waals surface area (Å²) in [6.07, 6.45) is 0. The van der Waals surface area contributed by atoms with Gasteiger partial charge in [0.2, 0.25) is 11.8 Å². The lowest BCUT2D eigenvalue weighted by atomic mass is 10.2. The number of carbonyl (C=O) groups excluding carboxylic acids is 1. The van der Waals surface area contributed by atoms with E-state index < -0.39 is 0 Å². The third-order valence-electron chi connectivity index (χ3n) is 2.74. The van der Waals surface area contributed by atoms with Gasteiger partial charge in [0.25, 0.3) is 0 Å². The minimum Gasteiger partial charge on any atom is -0.481 e. The van der Waals surface area contributed by atoms with Gasteiger partial charge in [-0.1, -0.05) is 17.7 Å². The van der Waals surface area contributed by atoms with Gasteiger partial charge in [-0.2, -0.15) is 0 Å². The summed E-state index contributed by atoms with van der Waals surface area (Å²) in [5.41, 5.74) is 2.30. The molecule has 5 nitrogen and oxygen atoms in total. The summed E-state index contributed by atoms with van der Waals surface area (Å²) >= 11 is 6.11. The standard InChI is InChI=1S/C15H16ClN3O2/c1-10(20)18-14-7-6-11(8-13(14)16)17-9-12-4-3-5-15(19-12)21-2/h3-8,17H,9H2,1-2H3,(H,18,20). The van der Waals surface area contributed by atoms with E-state index in [0.29, 0.717) is 23.1 Å². The molecule has 0 saturated carbocycles. The third kappa shape index (κ3) is 4.36. The van der Waals surface area contributed by atoms with Gasteiger partial charge < -0.3 is 15.4 Å². The average Bonchev–Trinajstić information content (AvgIpc) is 2.47. The van der Waals surface area contributed by atoms with Gasteiger partial charge in [0.05, 0.1) is 30.1 Å². The van der Waals surface area contributed by atoms with Crippen LogP contribution in [-0.4, -0.2) is 18.0 Å². The van der Waals surface area contributed by atoms with E-state index in [1.165, 1.54) is 6.92 Å². The Morgan fingerprint density at radius 3 is 2.81 bits per heavy atom. The Morgan fingerprint density at radius 1 is 1.33 bits per heavy atom. The zero-order chi connectivity index (χ0) is 15.2. The van der Waals surface area contributed by atoms with Crippen molar-refractivity contribution in [2.45, 2.75) is 13.5 Å². The quantitative estimate of drug-likeness (QED) is 0.889. The number of aromatic nitrogens is 1. The summed E-state index contributed by atoms with van der Waals surface area (Å²) in [5.74, 6) is 0.423. The molecule has 2 rings (SSSR count). The number of carbonyl (C=O) groups is 1. The van der Waals surface area contributed by atoms with E-state index in [1.54, 1.807) is 25.3 Å². The average molecular weight is 306 g/mol. The summed E-state index contributed by atoms with van der Waals surface area (Å²) in [6, 6.07) is 10.9. The molecular formula is C15H16ClN3O2. The van der Waals surface area contributed by atoms with Gasteiger partial charge in [-0.3, -0.25) is 4.79 Å². The highest BCUT2D eigenvalue weighted by molar-refractivity contribution is 6.34. The van der Waals surface area contributed by atoms with Crippen LogP contribution in [0.25, 0.3) is 0 Å². The second-order valence-electron chi connectivity index (χ2n) is 4.40. The molecule has 0 aliphatic carbocycles. The summed E-state index contributed by atoms with van der Waals surface area (Å²) in [4.78, 5) is 15.3. The number of ether oxygens (including phenoxy) is 1. The van der Waals surface area contributed by atoms with Crippen LogP contribution in [0.5, 0.6) is 5.88 Å². The molecule has 0 fully saturated rings. The summed E-state index contributed by atoms with van der Waals surface area (Å²) in [6.45, 7) is 1.99. The minimum absolute atomic E-state index is 0.154. The Balaban J connectivity index is 2.03. The summed E-state index contributed by atoms with van der Waals surface area (Å²) in [7, 11) is 1.58. The predicted octanol–water partition coefficient (Wildman–Crippen LogP) is 3.31. The first-order valence-corrected chi connectivity index (χ1v) is 6.77. The normalized spacial score (nSPS) is 10.0. The van der Waals surface area contributed by atoms with Crippen LogP contribution in [0.4, 0.5) is 11.4 Å². The van der Waals surface area contributed by atoms with Crippen molar-refractivity contribution in [3.05, 3.63) is 47.1 Å². The molecule has 0 atom stereocenters. The molecule has 0 spiro atoms. The molecule has 1 aromatic carbocycles. The Kier molecular flexibility index (Phi) is 5.00. The maximum absolute atomic E-state index is 11.0. The smallest absolute Gasteiger partial charge is 0.221 e. The maximum atomic E-state index is 11.0. The third-order valence-corrected chi connectivity index (χ3v) is 3.06. The van der Waals surface area contributed by atoms with Gasteiger partial charge in [0.15, 0.2) is 0 Å². The molecule has 6 heteroatoms. The number of pyridine rings is 1. The van der Waals surface area contributed by atoms with Crippen molar-refractivity contribution in [1.82, 2.24) is 4.98 Å². The van der Waals surface area contributed by atoms with Crippen LogP contribution in [-0.2, 0) is 11.3 Å². The lowest BCUT2D eigenvalue weighted by Gasteiger charge is -2.10. The lowest BCUT2D eigenvalue weighted by Crippen LogP contribution is -2.07. The highest BCUT2D eigenvalue weighted by Gasteiger charge is 2.04. The number of nitrogens with one attached hydrogen (secondary N) is 2. The van der Waals surface area contributed by atoms with E-state index in [-0.39, 0.29) is 5.91 Å². The second kappa shape index (κ2) is 6.95. The molecule has 0 bridgehead atoms. The molecule has 0 aliphatic heterocycles. The van der Waals surface area contributed by atoms with Gasteiger partial charge in [-0.15, -0.1) is 0 Å². The number of anilines is 2. The van der Waals surface area contributed by atoms with E-state index in [1.807, 2.05) is 18.2 Å². The Labute approximate surface area is 128 Å². The highest BCUT2D eigenvalue weighted by atomic mass is 35.5. The van der Waals surface area contributed by atoms with Crippen molar-refractivity contribution in [1.29, 1.82) is 0 Å². The van der Waals surface area contributed by atoms with E-state index in [4.69, 9.17) is 16.3 Å². The van der Waals surface area contributed by atoms with Gasteiger partial charge >= 0.3 is 0 Å². The number of rotatable bonds is 5. The SMILES string of the molecule is COc1cccc(CNc2ccc(NC(C)=O)c(Cl)c2)n1. The molecule has 2 aromatic rings. The molecule has 1 amide bonds. The molecular weight excluding hydrogens is 290 g/mol. The molecule has 0 aliphatic rings. The van der Waals surface area contributed by atoms with Gasteiger partial charge in [0, 0.05) is 18.7 Å². The molecule has 0 saturated heterocycles. The number of methoxy groups -OCH3 is 1. The fraction of sp³-hybridized carbons (Fsp3) is 0.200. The number of amides is 1. The topological polar surface area (TPSA) is 63.2 Å². The van der Waals surface area contributed by atoms with Crippen LogP contribution in [0, 0.1) is 0 Å². The maximum Gasteiger partial charge on any atom is 0.221 e. The van der Waals surface area contributed by atoms with E-state index in [2.05, 4.69) is 15.6 Å². The van der Waals surface area contributed by atoms with Crippen LogP contribution in [0.2, 0.25) is 5.02 Å². The summed E-state index contributed by atoms with van der Waals surface area (Å²) in [5, 5.41) is 6.36. The van der Waals surface area contributed by atoms with Crippen molar-refractivity contribution in [3.8, 4) is 5.88 Å². The highest BCUT2D eigenvalue weighted by Crippen LogP contribution is 2.25. The van der Waals surface area contributed by atoms with Crippen molar-refractivity contribution in [2.75, 3.05) is 17.7 Å². The molecule has 21 heavy (non-hydrogen) atoms. The van der Waals surface area contributed by atoms with Crippen molar-refractivity contribution in [2.24, 2.45) is 0 Å². The number of hydrogen-bond donors (Lipinski definition) is 2. The largest absolute Gasteiger partial charge is 0.481 e. The Hall–Kier alpha value is -2.27. The van der Waals surface area contributed by atoms with Crippen molar-refractivity contribution >= 4 is 28.9 Å². The Morgan fingerprint density at radius 2 is 2.14 bits per heavy atom. The first kappa shape index (κ1) is 15.1. The predicted molar refractivity (Wildman–Crippen MR) is 83.9 cm³/mol. The van der Waals surface area contributed by atoms with Crippen LogP contribution in [0.15, 0.2) is 36.4 Å². The number of benzene rings is 1. The van der Waals surface area contributed by atoms with Crippen LogP contribution < -0.4 is 15.4 Å². The Bertz CT molecular complexity index is 647. The summed E-state index contributed by atoms with van der Waals surface area (Å²) < 4.78 is 5.08. The first-order valence-electron chi connectivity index (χ1n) is 6.39. The molecule has 1 aromatic heterocycles. The molecule has 110 valence electrons. The monoisotopic (exact) mass is 305 g/mol. The zero-order valence-corrected chi connectivity index (χ0v) is 12.6. The molecule has 0 unspecified atom stereocenters. The fourth-order valence-electron chi connectivity index (χ4n) is 1.78. The number of nitrogens with zero attached hydrogens (tertiary/aromatic N) is 1. The second-order valence-corrected chi connectivity index (χ2v) is 4.81. The lowest BCUT2D eigenvalue weighted by molar-refractivity contribution is -0.114. The number of halogens is 1. The van der Waals surface area contributed by atoms with Crippen LogP contribution in [0.1, 0.15) is 12.6 Å². The van der Waals surface area contributed by atoms with Gasteiger partial charge in [-0.25, -0.2) is 4.98 Å². The van der Waals surface area contributed by atoms with Crippen LogP contribution in [0.3, 0.4) is 0 Å². The van der Waals surface area contributed by atoms with E-state index in [9.17, 15) is 4.79 Å². The van der Waals surface area contributed by atoms with Gasteiger partial charge in [0.1, 0.15) is 0 Å². The molecule has 0 radical (unpaired) electrons.